The van der Waals surface area contributed by atoms with E-state index in [0.717, 1.165) is 54.2 Å². The molecule has 27 heavy (non-hydrogen) atoms. The van der Waals surface area contributed by atoms with Gasteiger partial charge in [-0.2, -0.15) is 9.65 Å². The molecule has 6 heteroatoms. The number of aryl methyl sites for hydroxylation is 1. The first-order valence-electron chi connectivity index (χ1n) is 8.99. The third-order valence-corrected chi connectivity index (χ3v) is 5.05. The minimum absolute atomic E-state index is 0.340. The number of nitrogens with zero attached hydrogens (tertiary/aromatic N) is 4. The van der Waals surface area contributed by atoms with Crippen LogP contribution in [0.25, 0.3) is 11.1 Å². The summed E-state index contributed by atoms with van der Waals surface area (Å²) in [6, 6.07) is 13.0. The maximum atomic E-state index is 13.2. The molecule has 1 aromatic carbocycles. The van der Waals surface area contributed by atoms with Gasteiger partial charge in [-0.05, 0) is 38.0 Å². The molecule has 0 unspecified atom stereocenters. The van der Waals surface area contributed by atoms with E-state index in [0.29, 0.717) is 11.5 Å². The van der Waals surface area contributed by atoms with Crippen molar-refractivity contribution in [1.29, 1.82) is 5.26 Å². The van der Waals surface area contributed by atoms with E-state index in [9.17, 15) is 9.65 Å². The number of halogens is 1. The second-order valence-corrected chi connectivity index (χ2v) is 6.82. The average molecular weight is 362 g/mol. The van der Waals surface area contributed by atoms with Crippen molar-refractivity contribution in [2.45, 2.75) is 25.7 Å². The van der Waals surface area contributed by atoms with Crippen LogP contribution >= 0.6 is 0 Å². The highest BCUT2D eigenvalue weighted by Crippen LogP contribution is 2.37. The summed E-state index contributed by atoms with van der Waals surface area (Å²) >= 11 is 0. The number of hydrogen-bond donors (Lipinski definition) is 0. The highest BCUT2D eigenvalue weighted by molar-refractivity contribution is 5.82. The predicted molar refractivity (Wildman–Crippen MR) is 99.8 cm³/mol. The molecule has 1 aliphatic heterocycles. The lowest BCUT2D eigenvalue weighted by atomic mass is 9.92. The molecule has 5 nitrogen and oxygen atoms in total. The molecule has 3 heterocycles. The van der Waals surface area contributed by atoms with Gasteiger partial charge in [0.2, 0.25) is 5.95 Å². The zero-order valence-corrected chi connectivity index (χ0v) is 15.0. The number of anilines is 1. The molecule has 0 bridgehead atoms. The fourth-order valence-electron chi connectivity index (χ4n) is 3.71. The Morgan fingerprint density at radius 3 is 2.67 bits per heavy atom. The molecule has 2 aromatic heterocycles. The van der Waals surface area contributed by atoms with Crippen LogP contribution in [0.1, 0.15) is 35.8 Å². The van der Waals surface area contributed by atoms with E-state index in [2.05, 4.69) is 21.1 Å². The Kier molecular flexibility index (Phi) is 4.59. The van der Waals surface area contributed by atoms with E-state index in [4.69, 9.17) is 4.52 Å². The van der Waals surface area contributed by atoms with Gasteiger partial charge < -0.3 is 9.42 Å². The number of hydrogen-bond acceptors (Lipinski definition) is 5. The summed E-state index contributed by atoms with van der Waals surface area (Å²) in [5.74, 6) is 0.760. The number of pyridine rings is 1. The van der Waals surface area contributed by atoms with Gasteiger partial charge in [0.05, 0.1) is 16.9 Å². The molecule has 0 amide bonds. The number of benzene rings is 1. The highest BCUT2D eigenvalue weighted by atomic mass is 19.1. The number of nitriles is 1. The summed E-state index contributed by atoms with van der Waals surface area (Å²) in [7, 11) is 0. The zero-order chi connectivity index (χ0) is 18.8. The molecule has 0 aliphatic carbocycles. The van der Waals surface area contributed by atoms with Gasteiger partial charge in [-0.15, -0.1) is 0 Å². The molecular formula is C21H19FN4O. The van der Waals surface area contributed by atoms with Crippen molar-refractivity contribution in [1.82, 2.24) is 10.1 Å². The fourth-order valence-corrected chi connectivity index (χ4v) is 3.71. The van der Waals surface area contributed by atoms with Crippen LogP contribution in [0.4, 0.5) is 10.1 Å². The second-order valence-electron chi connectivity index (χ2n) is 6.82. The normalized spacial score (nSPS) is 14.9. The minimum atomic E-state index is -0.514. The van der Waals surface area contributed by atoms with E-state index < -0.39 is 5.95 Å². The molecule has 1 aliphatic rings. The van der Waals surface area contributed by atoms with Crippen molar-refractivity contribution in [3.63, 3.8) is 0 Å². The molecule has 0 saturated carbocycles. The van der Waals surface area contributed by atoms with Gasteiger partial charge in [0.15, 0.2) is 0 Å². The number of piperidine rings is 1. The highest BCUT2D eigenvalue weighted by Gasteiger charge is 2.26. The Balaban J connectivity index is 1.64. The molecule has 0 radical (unpaired) electrons. The number of rotatable bonds is 3. The van der Waals surface area contributed by atoms with E-state index in [1.807, 2.05) is 31.2 Å². The van der Waals surface area contributed by atoms with Crippen LogP contribution < -0.4 is 4.90 Å². The number of para-hydroxylation sites is 1. The Morgan fingerprint density at radius 1 is 1.22 bits per heavy atom. The van der Waals surface area contributed by atoms with E-state index in [-0.39, 0.29) is 0 Å². The van der Waals surface area contributed by atoms with Crippen LogP contribution in [-0.2, 0) is 0 Å². The van der Waals surface area contributed by atoms with Crippen molar-refractivity contribution in [2.24, 2.45) is 0 Å². The SMILES string of the molecule is Cc1cc(C2CCN(c3c(C#N)cccc3-c3ccc(F)nc3)CC2)on1. The lowest BCUT2D eigenvalue weighted by Crippen LogP contribution is -2.33. The first kappa shape index (κ1) is 17.2. The molecular weight excluding hydrogens is 343 g/mol. The average Bonchev–Trinajstić information content (AvgIpc) is 3.14. The Bertz CT molecular complexity index is 982. The molecule has 0 spiro atoms. The molecule has 4 rings (SSSR count). The largest absolute Gasteiger partial charge is 0.370 e. The third kappa shape index (κ3) is 3.41. The monoisotopic (exact) mass is 362 g/mol. The van der Waals surface area contributed by atoms with Crippen molar-refractivity contribution in [3.8, 4) is 17.2 Å². The fraction of sp³-hybridized carbons (Fsp3) is 0.286. The van der Waals surface area contributed by atoms with E-state index >= 15 is 0 Å². The first-order valence-corrected chi connectivity index (χ1v) is 8.99. The van der Waals surface area contributed by atoms with E-state index in [1.54, 1.807) is 6.07 Å². The van der Waals surface area contributed by atoms with Gasteiger partial charge >= 0.3 is 0 Å². The summed E-state index contributed by atoms with van der Waals surface area (Å²) < 4.78 is 18.7. The summed E-state index contributed by atoms with van der Waals surface area (Å²) in [4.78, 5) is 6.00. The summed E-state index contributed by atoms with van der Waals surface area (Å²) in [6.45, 7) is 3.55. The summed E-state index contributed by atoms with van der Waals surface area (Å²) in [6.07, 6.45) is 3.37. The smallest absolute Gasteiger partial charge is 0.212 e. The first-order chi connectivity index (χ1) is 13.2. The third-order valence-electron chi connectivity index (χ3n) is 5.05. The Labute approximate surface area is 157 Å². The van der Waals surface area contributed by atoms with Gasteiger partial charge in [-0.25, -0.2) is 4.98 Å². The second kappa shape index (κ2) is 7.20. The van der Waals surface area contributed by atoms with E-state index in [1.165, 1.54) is 12.3 Å². The standard InChI is InChI=1S/C21H19FN4O/c1-14-11-19(27-25-14)15-7-9-26(10-8-15)21-16(12-23)3-2-4-18(21)17-5-6-20(22)24-13-17/h2-6,11,13,15H,7-10H2,1H3. The van der Waals surface area contributed by atoms with Crippen LogP contribution in [0.2, 0.25) is 0 Å². The molecule has 1 fully saturated rings. The predicted octanol–water partition coefficient (Wildman–Crippen LogP) is 4.44. The molecule has 136 valence electrons. The van der Waals surface area contributed by atoms with Crippen molar-refractivity contribution in [2.75, 3.05) is 18.0 Å². The number of aromatic nitrogens is 2. The van der Waals surface area contributed by atoms with Crippen molar-refractivity contribution >= 4 is 5.69 Å². The minimum Gasteiger partial charge on any atom is -0.370 e. The van der Waals surface area contributed by atoms with Crippen LogP contribution in [0.15, 0.2) is 47.1 Å². The summed E-state index contributed by atoms with van der Waals surface area (Å²) in [5, 5.41) is 13.6. The Morgan fingerprint density at radius 2 is 2.04 bits per heavy atom. The maximum absolute atomic E-state index is 13.2. The van der Waals surface area contributed by atoms with Crippen LogP contribution in [0.5, 0.6) is 0 Å². The van der Waals surface area contributed by atoms with Crippen LogP contribution in [0.3, 0.4) is 0 Å². The van der Waals surface area contributed by atoms with Gasteiger partial charge in [0.25, 0.3) is 0 Å². The Hall–Kier alpha value is -3.20. The maximum Gasteiger partial charge on any atom is 0.212 e. The molecule has 3 aromatic rings. The van der Waals surface area contributed by atoms with Crippen LogP contribution in [0, 0.1) is 24.2 Å². The lowest BCUT2D eigenvalue weighted by Gasteiger charge is -2.34. The quantitative estimate of drug-likeness (QED) is 0.645. The molecule has 0 N–H and O–H groups in total. The van der Waals surface area contributed by atoms with Gasteiger partial charge in [-0.3, -0.25) is 0 Å². The van der Waals surface area contributed by atoms with Crippen LogP contribution in [-0.4, -0.2) is 23.2 Å². The molecule has 1 saturated heterocycles. The summed E-state index contributed by atoms with van der Waals surface area (Å²) in [5.41, 5.74) is 4.10. The van der Waals surface area contributed by atoms with Gasteiger partial charge in [0.1, 0.15) is 11.8 Å². The lowest BCUT2D eigenvalue weighted by molar-refractivity contribution is 0.334. The van der Waals surface area contributed by atoms with Gasteiger partial charge in [0, 0.05) is 42.4 Å². The van der Waals surface area contributed by atoms with Crippen molar-refractivity contribution in [3.05, 3.63) is 65.6 Å². The molecule has 0 atom stereocenters. The van der Waals surface area contributed by atoms with Gasteiger partial charge in [-0.1, -0.05) is 17.3 Å². The topological polar surface area (TPSA) is 66.0 Å². The van der Waals surface area contributed by atoms with Crippen molar-refractivity contribution < 1.29 is 8.91 Å². The zero-order valence-electron chi connectivity index (χ0n) is 15.0.